The average molecular weight is 268 g/mol. The van der Waals surface area contributed by atoms with E-state index in [9.17, 15) is 10.1 Å². The van der Waals surface area contributed by atoms with E-state index in [0.717, 1.165) is 24.8 Å². The molecule has 0 N–H and O–H groups in total. The maximum atomic E-state index is 10.5. The molecule has 0 aliphatic heterocycles. The highest BCUT2D eigenvalue weighted by Crippen LogP contribution is 2.31. The van der Waals surface area contributed by atoms with Crippen molar-refractivity contribution in [2.75, 3.05) is 0 Å². The van der Waals surface area contributed by atoms with Crippen molar-refractivity contribution >= 4 is 17.3 Å². The number of hydrogen-bond donors (Lipinski definition) is 0. The SMILES string of the molecule is O=[N+]([O-])c1ccc(CCC2CCCCC2Cl)cc1. The number of nitrogens with zero attached hydrogens (tertiary/aromatic N) is 1. The van der Waals surface area contributed by atoms with E-state index in [-0.39, 0.29) is 10.6 Å². The van der Waals surface area contributed by atoms with Gasteiger partial charge in [0.15, 0.2) is 0 Å². The molecule has 0 aromatic heterocycles. The molecule has 1 saturated carbocycles. The largest absolute Gasteiger partial charge is 0.269 e. The highest BCUT2D eigenvalue weighted by molar-refractivity contribution is 6.20. The van der Waals surface area contributed by atoms with Gasteiger partial charge < -0.3 is 0 Å². The maximum absolute atomic E-state index is 10.5. The Hall–Kier alpha value is -1.09. The summed E-state index contributed by atoms with van der Waals surface area (Å²) in [5, 5.41) is 10.9. The van der Waals surface area contributed by atoms with Crippen molar-refractivity contribution in [1.82, 2.24) is 0 Å². The molecule has 1 aromatic carbocycles. The molecule has 0 radical (unpaired) electrons. The lowest BCUT2D eigenvalue weighted by atomic mass is 9.85. The second kappa shape index (κ2) is 6.19. The molecular formula is C14H18ClNO2. The minimum atomic E-state index is -0.361. The second-order valence-corrected chi connectivity index (χ2v) is 5.58. The van der Waals surface area contributed by atoms with Crippen molar-refractivity contribution in [3.8, 4) is 0 Å². The van der Waals surface area contributed by atoms with E-state index in [4.69, 9.17) is 11.6 Å². The van der Waals surface area contributed by atoms with Crippen LogP contribution in [-0.4, -0.2) is 10.3 Å². The van der Waals surface area contributed by atoms with Gasteiger partial charge in [-0.1, -0.05) is 25.0 Å². The lowest BCUT2D eigenvalue weighted by Crippen LogP contribution is -2.20. The van der Waals surface area contributed by atoms with Gasteiger partial charge in [0, 0.05) is 17.5 Å². The molecule has 0 heterocycles. The summed E-state index contributed by atoms with van der Waals surface area (Å²) in [5.74, 6) is 0.607. The van der Waals surface area contributed by atoms with E-state index < -0.39 is 0 Å². The molecule has 1 aromatic rings. The molecule has 0 bridgehead atoms. The van der Waals surface area contributed by atoms with Gasteiger partial charge in [0.1, 0.15) is 0 Å². The molecule has 2 unspecified atom stereocenters. The number of nitro groups is 1. The third kappa shape index (κ3) is 3.45. The number of aryl methyl sites for hydroxylation is 1. The zero-order chi connectivity index (χ0) is 13.0. The van der Waals surface area contributed by atoms with E-state index in [1.165, 1.54) is 19.3 Å². The van der Waals surface area contributed by atoms with Crippen LogP contribution < -0.4 is 0 Å². The first kappa shape index (κ1) is 13.3. The Morgan fingerprint density at radius 2 is 1.89 bits per heavy atom. The Bertz CT molecular complexity index is 405. The predicted octanol–water partition coefficient (Wildman–Crippen LogP) is 4.33. The lowest BCUT2D eigenvalue weighted by Gasteiger charge is -2.26. The van der Waals surface area contributed by atoms with E-state index in [1.807, 2.05) is 12.1 Å². The van der Waals surface area contributed by atoms with Crippen LogP contribution in [0.15, 0.2) is 24.3 Å². The van der Waals surface area contributed by atoms with Crippen LogP contribution in [0.4, 0.5) is 5.69 Å². The number of benzene rings is 1. The number of alkyl halides is 1. The van der Waals surface area contributed by atoms with Gasteiger partial charge in [0.2, 0.25) is 0 Å². The first-order valence-corrected chi connectivity index (χ1v) is 6.98. The van der Waals surface area contributed by atoms with Crippen molar-refractivity contribution in [1.29, 1.82) is 0 Å². The van der Waals surface area contributed by atoms with Gasteiger partial charge in [-0.25, -0.2) is 0 Å². The summed E-state index contributed by atoms with van der Waals surface area (Å²) in [4.78, 5) is 10.2. The quantitative estimate of drug-likeness (QED) is 0.463. The van der Waals surface area contributed by atoms with Gasteiger partial charge >= 0.3 is 0 Å². The molecule has 1 aliphatic carbocycles. The van der Waals surface area contributed by atoms with Crippen molar-refractivity contribution in [3.63, 3.8) is 0 Å². The maximum Gasteiger partial charge on any atom is 0.269 e. The fraction of sp³-hybridized carbons (Fsp3) is 0.571. The molecule has 0 saturated heterocycles. The standard InChI is InChI=1S/C14H18ClNO2/c15-14-4-2-1-3-12(14)8-5-11-6-9-13(10-7-11)16(17)18/h6-7,9-10,12,14H,1-5,8H2. The third-order valence-corrected chi connectivity index (χ3v) is 4.34. The Kier molecular flexibility index (Phi) is 4.59. The number of non-ortho nitro benzene ring substituents is 1. The van der Waals surface area contributed by atoms with Crippen LogP contribution in [0.2, 0.25) is 0 Å². The topological polar surface area (TPSA) is 43.1 Å². The van der Waals surface area contributed by atoms with E-state index >= 15 is 0 Å². The molecule has 1 fully saturated rings. The zero-order valence-electron chi connectivity index (χ0n) is 10.3. The van der Waals surface area contributed by atoms with Crippen molar-refractivity contribution in [3.05, 3.63) is 39.9 Å². The second-order valence-electron chi connectivity index (χ2n) is 5.02. The van der Waals surface area contributed by atoms with Gasteiger partial charge in [-0.2, -0.15) is 0 Å². The van der Waals surface area contributed by atoms with E-state index in [0.29, 0.717) is 11.3 Å². The Balaban J connectivity index is 1.87. The van der Waals surface area contributed by atoms with E-state index in [1.54, 1.807) is 12.1 Å². The van der Waals surface area contributed by atoms with Crippen LogP contribution in [0.3, 0.4) is 0 Å². The summed E-state index contributed by atoms with van der Waals surface area (Å²) in [6.07, 6.45) is 6.95. The van der Waals surface area contributed by atoms with Crippen molar-refractivity contribution in [2.45, 2.75) is 43.9 Å². The smallest absolute Gasteiger partial charge is 0.258 e. The van der Waals surface area contributed by atoms with Crippen LogP contribution in [-0.2, 0) is 6.42 Å². The molecule has 2 rings (SSSR count). The van der Waals surface area contributed by atoms with Gasteiger partial charge in [0.25, 0.3) is 5.69 Å². The van der Waals surface area contributed by atoms with Gasteiger partial charge in [-0.15, -0.1) is 11.6 Å². The molecule has 2 atom stereocenters. The lowest BCUT2D eigenvalue weighted by molar-refractivity contribution is -0.384. The zero-order valence-corrected chi connectivity index (χ0v) is 11.1. The predicted molar refractivity (Wildman–Crippen MR) is 73.0 cm³/mol. The fourth-order valence-corrected chi connectivity index (χ4v) is 3.03. The van der Waals surface area contributed by atoms with Crippen molar-refractivity contribution in [2.24, 2.45) is 5.92 Å². The fourth-order valence-electron chi connectivity index (χ4n) is 2.62. The number of nitro benzene ring substituents is 1. The van der Waals surface area contributed by atoms with Gasteiger partial charge in [-0.05, 0) is 37.2 Å². The van der Waals surface area contributed by atoms with Crippen LogP contribution in [0.25, 0.3) is 0 Å². The summed E-state index contributed by atoms with van der Waals surface area (Å²) in [7, 11) is 0. The summed E-state index contributed by atoms with van der Waals surface area (Å²) in [5.41, 5.74) is 1.32. The molecule has 0 amide bonds. The highest BCUT2D eigenvalue weighted by Gasteiger charge is 2.22. The summed E-state index contributed by atoms with van der Waals surface area (Å²) in [6, 6.07) is 6.86. The minimum Gasteiger partial charge on any atom is -0.258 e. The van der Waals surface area contributed by atoms with Crippen LogP contribution in [0.5, 0.6) is 0 Å². The summed E-state index contributed by atoms with van der Waals surface area (Å²) >= 11 is 6.33. The number of hydrogen-bond acceptors (Lipinski definition) is 2. The monoisotopic (exact) mass is 267 g/mol. The van der Waals surface area contributed by atoms with Crippen LogP contribution in [0, 0.1) is 16.0 Å². The first-order chi connectivity index (χ1) is 8.66. The van der Waals surface area contributed by atoms with Crippen LogP contribution >= 0.6 is 11.6 Å². The molecule has 98 valence electrons. The molecule has 3 nitrogen and oxygen atoms in total. The Morgan fingerprint density at radius 1 is 1.22 bits per heavy atom. The molecule has 0 spiro atoms. The first-order valence-electron chi connectivity index (χ1n) is 6.54. The molecule has 18 heavy (non-hydrogen) atoms. The molecular weight excluding hydrogens is 250 g/mol. The molecule has 1 aliphatic rings. The van der Waals surface area contributed by atoms with Gasteiger partial charge in [-0.3, -0.25) is 10.1 Å². The Morgan fingerprint density at radius 3 is 2.50 bits per heavy atom. The third-order valence-electron chi connectivity index (χ3n) is 3.77. The number of halogens is 1. The van der Waals surface area contributed by atoms with E-state index in [2.05, 4.69) is 0 Å². The Labute approximate surface area is 112 Å². The van der Waals surface area contributed by atoms with Gasteiger partial charge in [0.05, 0.1) is 4.92 Å². The van der Waals surface area contributed by atoms with Crippen molar-refractivity contribution < 1.29 is 4.92 Å². The van der Waals surface area contributed by atoms with Crippen LogP contribution in [0.1, 0.15) is 37.7 Å². The minimum absolute atomic E-state index is 0.159. The normalized spacial score (nSPS) is 23.8. The summed E-state index contributed by atoms with van der Waals surface area (Å²) in [6.45, 7) is 0. The number of rotatable bonds is 4. The molecule has 4 heteroatoms. The average Bonchev–Trinajstić information content (AvgIpc) is 2.38. The highest BCUT2D eigenvalue weighted by atomic mass is 35.5. The summed E-state index contributed by atoms with van der Waals surface area (Å²) < 4.78 is 0.